The number of imidazole rings is 1. The number of aromatic nitrogens is 3. The Kier molecular flexibility index (Phi) is 5.07. The van der Waals surface area contributed by atoms with Crippen LogP contribution in [-0.2, 0) is 18.4 Å². The van der Waals surface area contributed by atoms with E-state index in [0.717, 1.165) is 38.4 Å². The van der Waals surface area contributed by atoms with Crippen LogP contribution in [0.2, 0.25) is 0 Å². The van der Waals surface area contributed by atoms with Crippen molar-refractivity contribution in [3.8, 4) is 10.6 Å². The summed E-state index contributed by atoms with van der Waals surface area (Å²) in [5, 5.41) is 4.40. The van der Waals surface area contributed by atoms with Crippen molar-refractivity contribution in [2.24, 2.45) is 7.05 Å². The molecule has 1 N–H and O–H groups in total. The molecule has 7 heteroatoms. The van der Waals surface area contributed by atoms with Gasteiger partial charge in [0, 0.05) is 12.6 Å². The number of hydrogen-bond donors (Lipinski definition) is 1. The van der Waals surface area contributed by atoms with Gasteiger partial charge in [-0.2, -0.15) is 0 Å². The van der Waals surface area contributed by atoms with Crippen molar-refractivity contribution in [2.45, 2.75) is 27.4 Å². The molecule has 2 aromatic heterocycles. The van der Waals surface area contributed by atoms with E-state index in [9.17, 15) is 4.79 Å². The van der Waals surface area contributed by atoms with Crippen LogP contribution in [0.15, 0.2) is 42.7 Å². The molecule has 0 aliphatic carbocycles. The maximum Gasteiger partial charge on any atom is 0.412 e. The van der Waals surface area contributed by atoms with Crippen LogP contribution >= 0.6 is 11.3 Å². The molecule has 1 amide bonds. The second kappa shape index (κ2) is 7.67. The quantitative estimate of drug-likeness (QED) is 0.495. The maximum absolute atomic E-state index is 12.3. The monoisotopic (exact) mass is 406 g/mol. The molecule has 2 aromatic carbocycles. The number of amides is 1. The predicted molar refractivity (Wildman–Crippen MR) is 116 cm³/mol. The van der Waals surface area contributed by atoms with E-state index in [1.807, 2.05) is 36.7 Å². The molecule has 0 unspecified atom stereocenters. The highest BCUT2D eigenvalue weighted by molar-refractivity contribution is 7.19. The van der Waals surface area contributed by atoms with Crippen molar-refractivity contribution in [3.63, 3.8) is 0 Å². The van der Waals surface area contributed by atoms with E-state index < -0.39 is 6.09 Å². The second-order valence-electron chi connectivity index (χ2n) is 7.13. The minimum atomic E-state index is -0.495. The number of aryl methyl sites for hydroxylation is 4. The molecule has 2 heterocycles. The summed E-state index contributed by atoms with van der Waals surface area (Å²) in [7, 11) is 1.95. The van der Waals surface area contributed by atoms with Crippen LogP contribution in [-0.4, -0.2) is 20.6 Å². The SMILES string of the molecule is Cc1ccc(-c2nc(C)c(NC(=O)OCc3ccc4c(c3)ncn4C)s2)c(C)c1. The summed E-state index contributed by atoms with van der Waals surface area (Å²) in [6.07, 6.45) is 1.27. The van der Waals surface area contributed by atoms with Crippen molar-refractivity contribution in [1.29, 1.82) is 0 Å². The standard InChI is InChI=1S/C22H22N4O2S/c1-13-5-7-17(14(2)9-13)21-24-15(3)20(29-21)25-22(27)28-11-16-6-8-19-18(10-16)23-12-26(19)4/h5-10,12H,11H2,1-4H3,(H,25,27). The molecule has 0 fully saturated rings. The first-order valence-electron chi connectivity index (χ1n) is 9.29. The Morgan fingerprint density at radius 1 is 1.17 bits per heavy atom. The first-order valence-corrected chi connectivity index (χ1v) is 10.1. The van der Waals surface area contributed by atoms with Crippen LogP contribution < -0.4 is 5.32 Å². The van der Waals surface area contributed by atoms with Gasteiger partial charge in [0.15, 0.2) is 0 Å². The molecule has 0 aliphatic rings. The Bertz CT molecular complexity index is 1210. The second-order valence-corrected chi connectivity index (χ2v) is 8.13. The fourth-order valence-corrected chi connectivity index (χ4v) is 4.27. The van der Waals surface area contributed by atoms with Crippen molar-refractivity contribution >= 4 is 33.5 Å². The smallest absolute Gasteiger partial charge is 0.412 e. The van der Waals surface area contributed by atoms with Gasteiger partial charge in [0.1, 0.15) is 16.6 Å². The van der Waals surface area contributed by atoms with Crippen LogP contribution in [0.1, 0.15) is 22.4 Å². The minimum Gasteiger partial charge on any atom is -0.444 e. The molecule has 0 bridgehead atoms. The number of benzene rings is 2. The molecule has 0 saturated heterocycles. The van der Waals surface area contributed by atoms with Gasteiger partial charge in [-0.15, -0.1) is 0 Å². The van der Waals surface area contributed by atoms with Gasteiger partial charge in [-0.1, -0.05) is 41.2 Å². The largest absolute Gasteiger partial charge is 0.444 e. The average Bonchev–Trinajstić information content (AvgIpc) is 3.23. The normalized spacial score (nSPS) is 11.0. The highest BCUT2D eigenvalue weighted by Crippen LogP contribution is 2.33. The number of nitrogens with one attached hydrogen (secondary N) is 1. The zero-order chi connectivity index (χ0) is 20.5. The molecule has 6 nitrogen and oxygen atoms in total. The molecule has 0 spiro atoms. The summed E-state index contributed by atoms with van der Waals surface area (Å²) < 4.78 is 7.34. The molecular formula is C22H22N4O2S. The van der Waals surface area contributed by atoms with Gasteiger partial charge in [0.05, 0.1) is 23.1 Å². The highest BCUT2D eigenvalue weighted by Gasteiger charge is 2.14. The summed E-state index contributed by atoms with van der Waals surface area (Å²) in [5.74, 6) is 0. The summed E-state index contributed by atoms with van der Waals surface area (Å²) in [4.78, 5) is 21.2. The Labute approximate surface area is 173 Å². The van der Waals surface area contributed by atoms with Gasteiger partial charge >= 0.3 is 6.09 Å². The van der Waals surface area contributed by atoms with Crippen LogP contribution in [0.25, 0.3) is 21.6 Å². The number of rotatable bonds is 4. The third kappa shape index (κ3) is 4.00. The number of carbonyl (C=O) groups excluding carboxylic acids is 1. The third-order valence-corrected chi connectivity index (χ3v) is 5.89. The predicted octanol–water partition coefficient (Wildman–Crippen LogP) is 5.37. The fraction of sp³-hybridized carbons (Fsp3) is 0.227. The summed E-state index contributed by atoms with van der Waals surface area (Å²) in [5.41, 5.74) is 7.04. The van der Waals surface area contributed by atoms with E-state index in [2.05, 4.69) is 47.3 Å². The number of anilines is 1. The van der Waals surface area contributed by atoms with E-state index >= 15 is 0 Å². The van der Waals surface area contributed by atoms with Crippen molar-refractivity contribution < 1.29 is 9.53 Å². The molecular weight excluding hydrogens is 384 g/mol. The van der Waals surface area contributed by atoms with Gasteiger partial charge in [-0.25, -0.2) is 14.8 Å². The first-order chi connectivity index (χ1) is 13.9. The summed E-state index contributed by atoms with van der Waals surface area (Å²) in [6.45, 7) is 6.20. The molecule has 4 rings (SSSR count). The van der Waals surface area contributed by atoms with Crippen LogP contribution in [0, 0.1) is 20.8 Å². The molecule has 4 aromatic rings. The molecule has 0 aliphatic heterocycles. The lowest BCUT2D eigenvalue weighted by molar-refractivity contribution is 0.155. The van der Waals surface area contributed by atoms with Gasteiger partial charge in [0.2, 0.25) is 0 Å². The van der Waals surface area contributed by atoms with Crippen LogP contribution in [0.4, 0.5) is 9.80 Å². The zero-order valence-corrected chi connectivity index (χ0v) is 17.6. The fourth-order valence-electron chi connectivity index (χ4n) is 3.23. The number of thiazole rings is 1. The maximum atomic E-state index is 12.3. The topological polar surface area (TPSA) is 69.0 Å². The van der Waals surface area contributed by atoms with E-state index in [-0.39, 0.29) is 6.61 Å². The van der Waals surface area contributed by atoms with E-state index in [4.69, 9.17) is 4.74 Å². The summed E-state index contributed by atoms with van der Waals surface area (Å²) in [6, 6.07) is 12.1. The average molecular weight is 407 g/mol. The highest BCUT2D eigenvalue weighted by atomic mass is 32.1. The number of nitrogens with zero attached hydrogens (tertiary/aromatic N) is 3. The van der Waals surface area contributed by atoms with E-state index in [1.165, 1.54) is 16.9 Å². The van der Waals surface area contributed by atoms with E-state index in [0.29, 0.717) is 5.00 Å². The Morgan fingerprint density at radius 2 is 2.00 bits per heavy atom. The number of carbonyl (C=O) groups is 1. The molecule has 29 heavy (non-hydrogen) atoms. The Morgan fingerprint density at radius 3 is 2.79 bits per heavy atom. The first kappa shape index (κ1) is 19.1. The molecule has 0 atom stereocenters. The van der Waals surface area contributed by atoms with Crippen molar-refractivity contribution in [2.75, 3.05) is 5.32 Å². The number of fused-ring (bicyclic) bond motifs is 1. The molecule has 148 valence electrons. The lowest BCUT2D eigenvalue weighted by Crippen LogP contribution is -2.13. The van der Waals surface area contributed by atoms with Crippen LogP contribution in [0.3, 0.4) is 0 Å². The zero-order valence-electron chi connectivity index (χ0n) is 16.8. The van der Waals surface area contributed by atoms with Gasteiger partial charge in [-0.05, 0) is 44.0 Å². The number of hydrogen-bond acceptors (Lipinski definition) is 5. The lowest BCUT2D eigenvalue weighted by atomic mass is 10.1. The molecule has 0 saturated carbocycles. The Balaban J connectivity index is 1.43. The Hall–Kier alpha value is -3.19. The number of ether oxygens (including phenoxy) is 1. The molecule has 0 radical (unpaired) electrons. The lowest BCUT2D eigenvalue weighted by Gasteiger charge is -2.06. The van der Waals surface area contributed by atoms with Crippen molar-refractivity contribution in [3.05, 3.63) is 65.1 Å². The van der Waals surface area contributed by atoms with Gasteiger partial charge in [0.25, 0.3) is 0 Å². The van der Waals surface area contributed by atoms with Crippen LogP contribution in [0.5, 0.6) is 0 Å². The van der Waals surface area contributed by atoms with Gasteiger partial charge in [-0.3, -0.25) is 5.32 Å². The third-order valence-electron chi connectivity index (χ3n) is 4.78. The summed E-state index contributed by atoms with van der Waals surface area (Å²) >= 11 is 1.45. The van der Waals surface area contributed by atoms with Gasteiger partial charge < -0.3 is 9.30 Å². The van der Waals surface area contributed by atoms with Crippen molar-refractivity contribution in [1.82, 2.24) is 14.5 Å². The van der Waals surface area contributed by atoms with E-state index in [1.54, 1.807) is 6.33 Å². The minimum absolute atomic E-state index is 0.181.